The van der Waals surface area contributed by atoms with Crippen LogP contribution in [0, 0.1) is 0 Å². The van der Waals surface area contributed by atoms with Gasteiger partial charge in [0.25, 0.3) is 0 Å². The van der Waals surface area contributed by atoms with Crippen molar-refractivity contribution in [3.63, 3.8) is 0 Å². The maximum atomic E-state index is 5.39. The number of methoxy groups -OCH3 is 2. The van der Waals surface area contributed by atoms with Gasteiger partial charge >= 0.3 is 0 Å². The molecule has 1 N–H and O–H groups in total. The zero-order valence-corrected chi connectivity index (χ0v) is 14.1. The fourth-order valence-electron chi connectivity index (χ4n) is 2.22. The van der Waals surface area contributed by atoms with Gasteiger partial charge in [-0.15, -0.1) is 0 Å². The van der Waals surface area contributed by atoms with E-state index in [0.717, 1.165) is 28.1 Å². The molecule has 0 spiro atoms. The molecule has 2 aromatic carbocycles. The van der Waals surface area contributed by atoms with E-state index < -0.39 is 0 Å². The van der Waals surface area contributed by atoms with Gasteiger partial charge in [-0.25, -0.2) is 0 Å². The van der Waals surface area contributed by atoms with E-state index in [1.807, 2.05) is 18.2 Å². The third-order valence-electron chi connectivity index (χ3n) is 3.26. The Balaban J connectivity index is 2.07. The quantitative estimate of drug-likeness (QED) is 0.832. The predicted octanol–water partition coefficient (Wildman–Crippen LogP) is 4.51. The molecule has 0 aliphatic rings. The monoisotopic (exact) mass is 349 g/mol. The summed E-state index contributed by atoms with van der Waals surface area (Å²) in [4.78, 5) is 0. The molecule has 0 aliphatic heterocycles. The van der Waals surface area contributed by atoms with Crippen LogP contribution in [0.15, 0.2) is 46.9 Å². The van der Waals surface area contributed by atoms with Gasteiger partial charge in [-0.05, 0) is 43.2 Å². The lowest BCUT2D eigenvalue weighted by Crippen LogP contribution is -2.18. The van der Waals surface area contributed by atoms with E-state index in [1.54, 1.807) is 14.2 Å². The van der Waals surface area contributed by atoms with Crippen molar-refractivity contribution in [2.75, 3.05) is 19.5 Å². The molecule has 0 amide bonds. The summed E-state index contributed by atoms with van der Waals surface area (Å²) in [5.74, 6) is 1.63. The molecule has 112 valence electrons. The summed E-state index contributed by atoms with van der Waals surface area (Å²) < 4.78 is 11.8. The Labute approximate surface area is 134 Å². The second kappa shape index (κ2) is 7.36. The van der Waals surface area contributed by atoms with E-state index in [4.69, 9.17) is 9.47 Å². The summed E-state index contributed by atoms with van der Waals surface area (Å²) in [7, 11) is 3.34. The lowest BCUT2D eigenvalue weighted by molar-refractivity contribution is 0.404. The van der Waals surface area contributed by atoms with Gasteiger partial charge in [-0.2, -0.15) is 0 Å². The van der Waals surface area contributed by atoms with Crippen LogP contribution in [-0.2, 0) is 6.42 Å². The van der Waals surface area contributed by atoms with E-state index in [1.165, 1.54) is 5.56 Å². The molecule has 0 saturated heterocycles. The van der Waals surface area contributed by atoms with Crippen molar-refractivity contribution in [3.8, 4) is 11.5 Å². The first kappa shape index (κ1) is 15.7. The molecule has 2 rings (SSSR count). The molecule has 0 aliphatic carbocycles. The van der Waals surface area contributed by atoms with Crippen molar-refractivity contribution in [1.82, 2.24) is 0 Å². The maximum Gasteiger partial charge on any atom is 0.142 e. The first-order chi connectivity index (χ1) is 10.1. The van der Waals surface area contributed by atoms with E-state index >= 15 is 0 Å². The lowest BCUT2D eigenvalue weighted by Gasteiger charge is -2.18. The second-order valence-electron chi connectivity index (χ2n) is 4.94. The number of anilines is 1. The molecule has 1 atom stereocenters. The largest absolute Gasteiger partial charge is 0.497 e. The van der Waals surface area contributed by atoms with Gasteiger partial charge in [0.05, 0.1) is 19.9 Å². The summed E-state index contributed by atoms with van der Waals surface area (Å²) >= 11 is 3.45. The first-order valence-corrected chi connectivity index (χ1v) is 7.64. The minimum Gasteiger partial charge on any atom is -0.497 e. The van der Waals surface area contributed by atoms with Crippen LogP contribution in [0.3, 0.4) is 0 Å². The summed E-state index contributed by atoms with van der Waals surface area (Å²) in [6.45, 7) is 2.15. The van der Waals surface area contributed by atoms with Crippen LogP contribution in [-0.4, -0.2) is 20.3 Å². The van der Waals surface area contributed by atoms with E-state index in [9.17, 15) is 0 Å². The molecule has 0 bridgehead atoms. The Hall–Kier alpha value is -1.68. The molecule has 1 unspecified atom stereocenters. The van der Waals surface area contributed by atoms with E-state index in [-0.39, 0.29) is 6.04 Å². The molecule has 0 aromatic heterocycles. The Bertz CT molecular complexity index is 584. The van der Waals surface area contributed by atoms with Gasteiger partial charge in [0.2, 0.25) is 0 Å². The number of nitrogens with one attached hydrogen (secondary N) is 1. The lowest BCUT2D eigenvalue weighted by atomic mass is 10.1. The predicted molar refractivity (Wildman–Crippen MR) is 90.5 cm³/mol. The van der Waals surface area contributed by atoms with E-state index in [0.29, 0.717) is 0 Å². The van der Waals surface area contributed by atoms with Crippen LogP contribution in [0.25, 0.3) is 0 Å². The highest BCUT2D eigenvalue weighted by Crippen LogP contribution is 2.29. The Morgan fingerprint density at radius 2 is 1.76 bits per heavy atom. The minimum atomic E-state index is 0.284. The van der Waals surface area contributed by atoms with Gasteiger partial charge in [-0.1, -0.05) is 28.1 Å². The van der Waals surface area contributed by atoms with Crippen molar-refractivity contribution in [2.24, 2.45) is 0 Å². The molecule has 21 heavy (non-hydrogen) atoms. The van der Waals surface area contributed by atoms with Crippen LogP contribution in [0.1, 0.15) is 12.5 Å². The molecule has 4 heteroatoms. The SMILES string of the molecule is COc1ccc(OC)c(NC(C)Cc2ccc(Br)cc2)c1. The first-order valence-electron chi connectivity index (χ1n) is 6.85. The van der Waals surface area contributed by atoms with Gasteiger partial charge in [-0.3, -0.25) is 0 Å². The van der Waals surface area contributed by atoms with Gasteiger partial charge in [0.15, 0.2) is 0 Å². The molecule has 0 heterocycles. The topological polar surface area (TPSA) is 30.5 Å². The number of rotatable bonds is 6. The zero-order valence-electron chi connectivity index (χ0n) is 12.5. The Morgan fingerprint density at radius 1 is 1.05 bits per heavy atom. The standard InChI is InChI=1S/C17H20BrNO2/c1-12(10-13-4-6-14(18)7-5-13)19-16-11-15(20-2)8-9-17(16)21-3/h4-9,11-12,19H,10H2,1-3H3. The van der Waals surface area contributed by atoms with Gasteiger partial charge in [0.1, 0.15) is 11.5 Å². The Morgan fingerprint density at radius 3 is 2.38 bits per heavy atom. The van der Waals surface area contributed by atoms with Crippen LogP contribution >= 0.6 is 15.9 Å². The van der Waals surface area contributed by atoms with Crippen molar-refractivity contribution >= 4 is 21.6 Å². The summed E-state index contributed by atoms with van der Waals surface area (Å²) in [6, 6.07) is 14.4. The molecule has 0 saturated carbocycles. The third kappa shape index (κ3) is 4.39. The number of hydrogen-bond acceptors (Lipinski definition) is 3. The molecule has 0 fully saturated rings. The number of hydrogen-bond donors (Lipinski definition) is 1. The Kier molecular flexibility index (Phi) is 5.51. The molecule has 2 aromatic rings. The average Bonchev–Trinajstić information content (AvgIpc) is 2.49. The van der Waals surface area contributed by atoms with Crippen LogP contribution < -0.4 is 14.8 Å². The fraction of sp³-hybridized carbons (Fsp3) is 0.294. The highest BCUT2D eigenvalue weighted by Gasteiger charge is 2.09. The maximum absolute atomic E-state index is 5.39. The second-order valence-corrected chi connectivity index (χ2v) is 5.86. The van der Waals surface area contributed by atoms with Crippen molar-refractivity contribution < 1.29 is 9.47 Å². The summed E-state index contributed by atoms with van der Waals surface area (Å²) in [6.07, 6.45) is 0.938. The summed E-state index contributed by atoms with van der Waals surface area (Å²) in [5.41, 5.74) is 2.24. The van der Waals surface area contributed by atoms with Crippen LogP contribution in [0.5, 0.6) is 11.5 Å². The molecular weight excluding hydrogens is 330 g/mol. The van der Waals surface area contributed by atoms with Gasteiger partial charge in [0, 0.05) is 16.6 Å². The summed E-state index contributed by atoms with van der Waals surface area (Å²) in [5, 5.41) is 3.48. The smallest absolute Gasteiger partial charge is 0.142 e. The molecule has 3 nitrogen and oxygen atoms in total. The highest BCUT2D eigenvalue weighted by atomic mass is 79.9. The average molecular weight is 350 g/mol. The van der Waals surface area contributed by atoms with E-state index in [2.05, 4.69) is 52.4 Å². The van der Waals surface area contributed by atoms with Crippen LogP contribution in [0.4, 0.5) is 5.69 Å². The fourth-order valence-corrected chi connectivity index (χ4v) is 2.48. The van der Waals surface area contributed by atoms with Crippen LogP contribution in [0.2, 0.25) is 0 Å². The zero-order chi connectivity index (χ0) is 15.2. The molecule has 0 radical (unpaired) electrons. The number of halogens is 1. The number of ether oxygens (including phenoxy) is 2. The third-order valence-corrected chi connectivity index (χ3v) is 3.79. The highest BCUT2D eigenvalue weighted by molar-refractivity contribution is 9.10. The number of benzene rings is 2. The van der Waals surface area contributed by atoms with Crippen molar-refractivity contribution in [1.29, 1.82) is 0 Å². The van der Waals surface area contributed by atoms with Gasteiger partial charge < -0.3 is 14.8 Å². The minimum absolute atomic E-state index is 0.284. The molecular formula is C17H20BrNO2. The van der Waals surface area contributed by atoms with Crippen molar-refractivity contribution in [2.45, 2.75) is 19.4 Å². The normalized spacial score (nSPS) is 11.8. The van der Waals surface area contributed by atoms with Crippen molar-refractivity contribution in [3.05, 3.63) is 52.5 Å².